The van der Waals surface area contributed by atoms with Crippen molar-refractivity contribution in [3.8, 4) is 0 Å². The highest BCUT2D eigenvalue weighted by Gasteiger charge is 2.31. The van der Waals surface area contributed by atoms with E-state index in [-0.39, 0.29) is 24.1 Å². The van der Waals surface area contributed by atoms with Gasteiger partial charge in [0.1, 0.15) is 0 Å². The molecule has 1 saturated heterocycles. The van der Waals surface area contributed by atoms with Crippen LogP contribution in [-0.4, -0.2) is 54.3 Å². The van der Waals surface area contributed by atoms with Gasteiger partial charge < -0.3 is 10.2 Å². The van der Waals surface area contributed by atoms with Crippen LogP contribution in [0, 0.1) is 0 Å². The molecular formula is C20H22F3N3O2S. The van der Waals surface area contributed by atoms with Crippen molar-refractivity contribution in [1.82, 2.24) is 15.1 Å². The number of alkyl halides is 3. The molecule has 1 aliphatic rings. The summed E-state index contributed by atoms with van der Waals surface area (Å²) in [5.74, 6) is -0.518. The van der Waals surface area contributed by atoms with Crippen molar-refractivity contribution in [1.29, 1.82) is 0 Å². The molecule has 1 unspecified atom stereocenters. The predicted molar refractivity (Wildman–Crippen MR) is 105 cm³/mol. The fourth-order valence-corrected chi connectivity index (χ4v) is 3.95. The third kappa shape index (κ3) is 5.57. The molecular weight excluding hydrogens is 403 g/mol. The highest BCUT2D eigenvalue weighted by molar-refractivity contribution is 7.10. The van der Waals surface area contributed by atoms with Crippen LogP contribution in [0.5, 0.6) is 0 Å². The van der Waals surface area contributed by atoms with E-state index in [4.69, 9.17) is 0 Å². The lowest BCUT2D eigenvalue weighted by atomic mass is 10.1. The van der Waals surface area contributed by atoms with Crippen LogP contribution in [0.15, 0.2) is 41.8 Å². The number of piperazine rings is 1. The molecule has 1 N–H and O–H groups in total. The fourth-order valence-electron chi connectivity index (χ4n) is 3.22. The molecule has 1 aliphatic heterocycles. The normalized spacial score (nSPS) is 16.5. The van der Waals surface area contributed by atoms with E-state index in [1.165, 1.54) is 17.0 Å². The van der Waals surface area contributed by atoms with Crippen molar-refractivity contribution in [3.63, 3.8) is 0 Å². The molecule has 156 valence electrons. The average molecular weight is 425 g/mol. The molecule has 0 saturated carbocycles. The molecule has 9 heteroatoms. The number of hydrogen-bond acceptors (Lipinski definition) is 4. The van der Waals surface area contributed by atoms with Crippen LogP contribution < -0.4 is 5.32 Å². The second kappa shape index (κ2) is 8.96. The highest BCUT2D eigenvalue weighted by Crippen LogP contribution is 2.29. The SMILES string of the molecule is CC(NC(=O)CN1CCN(C(=O)c2cccc(C(F)(F)F)c2)CC1)c1cccs1. The van der Waals surface area contributed by atoms with Crippen LogP contribution in [0.3, 0.4) is 0 Å². The zero-order valence-corrected chi connectivity index (χ0v) is 16.7. The maximum atomic E-state index is 12.9. The van der Waals surface area contributed by atoms with Gasteiger partial charge in [0.15, 0.2) is 0 Å². The molecule has 29 heavy (non-hydrogen) atoms. The van der Waals surface area contributed by atoms with E-state index in [0.29, 0.717) is 26.2 Å². The summed E-state index contributed by atoms with van der Waals surface area (Å²) >= 11 is 1.58. The summed E-state index contributed by atoms with van der Waals surface area (Å²) in [6.45, 7) is 3.86. The smallest absolute Gasteiger partial charge is 0.348 e. The van der Waals surface area contributed by atoms with Crippen LogP contribution in [0.4, 0.5) is 13.2 Å². The van der Waals surface area contributed by atoms with Gasteiger partial charge in [0.05, 0.1) is 18.2 Å². The number of rotatable bonds is 5. The molecule has 5 nitrogen and oxygen atoms in total. The van der Waals surface area contributed by atoms with Crippen molar-refractivity contribution in [2.24, 2.45) is 0 Å². The topological polar surface area (TPSA) is 52.7 Å². The molecule has 0 spiro atoms. The average Bonchev–Trinajstić information content (AvgIpc) is 3.22. The van der Waals surface area contributed by atoms with Gasteiger partial charge in [-0.3, -0.25) is 14.5 Å². The Labute approximate surface area is 171 Å². The number of carbonyl (C=O) groups is 2. The Kier molecular flexibility index (Phi) is 6.59. The number of thiophene rings is 1. The van der Waals surface area contributed by atoms with Crippen molar-refractivity contribution in [3.05, 3.63) is 57.8 Å². The maximum Gasteiger partial charge on any atom is 0.416 e. The molecule has 1 fully saturated rings. The molecule has 2 aromatic rings. The number of nitrogens with one attached hydrogen (secondary N) is 1. The third-order valence-corrected chi connectivity index (χ3v) is 5.87. The van der Waals surface area contributed by atoms with E-state index in [1.54, 1.807) is 11.3 Å². The summed E-state index contributed by atoms with van der Waals surface area (Å²) in [6, 6.07) is 8.30. The van der Waals surface area contributed by atoms with Gasteiger partial charge in [-0.05, 0) is 36.6 Å². The summed E-state index contributed by atoms with van der Waals surface area (Å²) in [5, 5.41) is 4.91. The lowest BCUT2D eigenvalue weighted by Crippen LogP contribution is -2.51. The summed E-state index contributed by atoms with van der Waals surface area (Å²) in [6.07, 6.45) is -4.48. The molecule has 0 radical (unpaired) electrons. The molecule has 1 atom stereocenters. The number of nitrogens with zero attached hydrogens (tertiary/aromatic N) is 2. The quantitative estimate of drug-likeness (QED) is 0.799. The van der Waals surface area contributed by atoms with Gasteiger partial charge in [-0.2, -0.15) is 13.2 Å². The highest BCUT2D eigenvalue weighted by atomic mass is 32.1. The van der Waals surface area contributed by atoms with Crippen LogP contribution in [0.25, 0.3) is 0 Å². The van der Waals surface area contributed by atoms with E-state index in [9.17, 15) is 22.8 Å². The largest absolute Gasteiger partial charge is 0.416 e. The van der Waals surface area contributed by atoms with Crippen molar-refractivity contribution in [2.75, 3.05) is 32.7 Å². The maximum absolute atomic E-state index is 12.9. The Morgan fingerprint density at radius 1 is 1.14 bits per heavy atom. The lowest BCUT2D eigenvalue weighted by molar-refractivity contribution is -0.137. The molecule has 0 bridgehead atoms. The first-order valence-electron chi connectivity index (χ1n) is 9.25. The monoisotopic (exact) mass is 425 g/mol. The van der Waals surface area contributed by atoms with Gasteiger partial charge in [0.25, 0.3) is 5.91 Å². The van der Waals surface area contributed by atoms with Gasteiger partial charge in [-0.15, -0.1) is 11.3 Å². The summed E-state index contributed by atoms with van der Waals surface area (Å²) in [5.41, 5.74) is -0.811. The Morgan fingerprint density at radius 2 is 1.86 bits per heavy atom. The predicted octanol–water partition coefficient (Wildman–Crippen LogP) is 3.40. The van der Waals surface area contributed by atoms with Crippen LogP contribution in [0.2, 0.25) is 0 Å². The minimum absolute atomic E-state index is 0.0239. The zero-order chi connectivity index (χ0) is 21.0. The van der Waals surface area contributed by atoms with Gasteiger partial charge in [0.2, 0.25) is 5.91 Å². The standard InChI is InChI=1S/C20H22F3N3O2S/c1-14(17-6-3-11-29-17)24-18(27)13-25-7-9-26(10-8-25)19(28)15-4-2-5-16(12-15)20(21,22)23/h2-6,11-12,14H,7-10,13H2,1H3,(H,24,27). The number of carbonyl (C=O) groups excluding carboxylic acids is 2. The van der Waals surface area contributed by atoms with E-state index in [1.807, 2.05) is 29.3 Å². The number of benzene rings is 1. The van der Waals surface area contributed by atoms with E-state index in [0.717, 1.165) is 17.0 Å². The number of hydrogen-bond donors (Lipinski definition) is 1. The Balaban J connectivity index is 1.50. The fraction of sp³-hybridized carbons (Fsp3) is 0.400. The number of halogens is 3. The minimum atomic E-state index is -4.48. The van der Waals surface area contributed by atoms with Crippen LogP contribution >= 0.6 is 11.3 Å². The summed E-state index contributed by atoms with van der Waals surface area (Å²) in [4.78, 5) is 29.3. The summed E-state index contributed by atoms with van der Waals surface area (Å²) < 4.78 is 38.6. The molecule has 0 aliphatic carbocycles. The van der Waals surface area contributed by atoms with Gasteiger partial charge in [-0.25, -0.2) is 0 Å². The second-order valence-corrected chi connectivity index (χ2v) is 7.93. The summed E-state index contributed by atoms with van der Waals surface area (Å²) in [7, 11) is 0. The first kappa shape index (κ1) is 21.3. The van der Waals surface area contributed by atoms with E-state index in [2.05, 4.69) is 5.32 Å². The van der Waals surface area contributed by atoms with Crippen LogP contribution in [0.1, 0.15) is 33.8 Å². The molecule has 2 amide bonds. The Morgan fingerprint density at radius 3 is 2.48 bits per heavy atom. The van der Waals surface area contributed by atoms with E-state index < -0.39 is 17.6 Å². The van der Waals surface area contributed by atoms with Crippen LogP contribution in [-0.2, 0) is 11.0 Å². The minimum Gasteiger partial charge on any atom is -0.348 e. The molecule has 1 aromatic heterocycles. The van der Waals surface area contributed by atoms with Crippen molar-refractivity contribution >= 4 is 23.2 Å². The van der Waals surface area contributed by atoms with Gasteiger partial charge in [-0.1, -0.05) is 12.1 Å². The first-order chi connectivity index (χ1) is 13.7. The third-order valence-electron chi connectivity index (χ3n) is 4.81. The Bertz CT molecular complexity index is 847. The first-order valence-corrected chi connectivity index (χ1v) is 10.1. The van der Waals surface area contributed by atoms with Gasteiger partial charge in [0, 0.05) is 36.6 Å². The van der Waals surface area contributed by atoms with Gasteiger partial charge >= 0.3 is 6.18 Å². The zero-order valence-electron chi connectivity index (χ0n) is 15.9. The molecule has 1 aromatic carbocycles. The van der Waals surface area contributed by atoms with E-state index >= 15 is 0 Å². The van der Waals surface area contributed by atoms with Crippen molar-refractivity contribution in [2.45, 2.75) is 19.1 Å². The molecule has 3 rings (SSSR count). The second-order valence-electron chi connectivity index (χ2n) is 6.95. The Hall–Kier alpha value is -2.39. The van der Waals surface area contributed by atoms with Crippen molar-refractivity contribution < 1.29 is 22.8 Å². The molecule has 2 heterocycles. The number of amides is 2. The lowest BCUT2D eigenvalue weighted by Gasteiger charge is -2.34.